The van der Waals surface area contributed by atoms with Crippen molar-refractivity contribution >= 4 is 29.1 Å². The molecule has 2 aliphatic heterocycles. The Morgan fingerprint density at radius 2 is 1.82 bits per heavy atom. The zero-order valence-electron chi connectivity index (χ0n) is 18.7. The fourth-order valence-corrected chi connectivity index (χ4v) is 4.76. The van der Waals surface area contributed by atoms with Crippen LogP contribution in [0.25, 0.3) is 6.08 Å². The van der Waals surface area contributed by atoms with Crippen molar-refractivity contribution in [1.82, 2.24) is 4.90 Å². The number of rotatable bonds is 4. The van der Waals surface area contributed by atoms with E-state index in [1.165, 1.54) is 23.9 Å². The molecule has 0 aromatic heterocycles. The van der Waals surface area contributed by atoms with Crippen molar-refractivity contribution in [3.05, 3.63) is 93.5 Å². The minimum Gasteiger partial charge on any atom is -0.507 e. The molecule has 0 atom stereocenters. The van der Waals surface area contributed by atoms with Crippen LogP contribution in [0.5, 0.6) is 11.5 Å². The second-order valence-corrected chi connectivity index (χ2v) is 8.98. The molecule has 0 bridgehead atoms. The van der Waals surface area contributed by atoms with Crippen LogP contribution in [0.1, 0.15) is 27.0 Å². The summed E-state index contributed by atoms with van der Waals surface area (Å²) in [5.74, 6) is -0.470. The van der Waals surface area contributed by atoms with E-state index in [9.17, 15) is 14.3 Å². The van der Waals surface area contributed by atoms with Gasteiger partial charge in [-0.25, -0.2) is 4.39 Å². The monoisotopic (exact) mass is 478 g/mol. The number of ether oxygens (including phenoxy) is 1. The molecule has 5 rings (SSSR count). The van der Waals surface area contributed by atoms with Crippen LogP contribution < -0.4 is 9.64 Å². The highest BCUT2D eigenvalue weighted by atomic mass is 35.5. The van der Waals surface area contributed by atoms with Crippen LogP contribution in [0.3, 0.4) is 0 Å². The first kappa shape index (κ1) is 22.4. The number of fused-ring (bicyclic) bond motifs is 1. The average Bonchev–Trinajstić information content (AvgIpc) is 3.16. The smallest absolute Gasteiger partial charge is 0.232 e. The number of aryl methyl sites for hydroxylation is 1. The lowest BCUT2D eigenvalue weighted by atomic mass is 9.99. The molecule has 0 aliphatic carbocycles. The first-order chi connectivity index (χ1) is 16.4. The third-order valence-electron chi connectivity index (χ3n) is 6.37. The van der Waals surface area contributed by atoms with Crippen LogP contribution in [0, 0.1) is 12.7 Å². The zero-order valence-corrected chi connectivity index (χ0v) is 19.5. The number of hydrogen-bond donors (Lipinski definition) is 1. The first-order valence-corrected chi connectivity index (χ1v) is 11.6. The van der Waals surface area contributed by atoms with Crippen molar-refractivity contribution in [2.75, 3.05) is 31.1 Å². The Hall–Kier alpha value is -3.35. The molecular formula is C27H24ClFN2O3. The van der Waals surface area contributed by atoms with Crippen LogP contribution in [-0.4, -0.2) is 42.0 Å². The Bertz CT molecular complexity index is 1260. The van der Waals surface area contributed by atoms with Gasteiger partial charge < -0.3 is 14.7 Å². The molecule has 1 fully saturated rings. The third-order valence-corrected chi connectivity index (χ3v) is 6.70. The van der Waals surface area contributed by atoms with E-state index >= 15 is 0 Å². The molecule has 0 spiro atoms. The normalized spacial score (nSPS) is 17.2. The highest BCUT2D eigenvalue weighted by Gasteiger charge is 2.34. The summed E-state index contributed by atoms with van der Waals surface area (Å²) in [6.45, 7) is 5.52. The number of aromatic hydroxyl groups is 1. The Balaban J connectivity index is 1.40. The lowest BCUT2D eigenvalue weighted by Crippen LogP contribution is -2.46. The summed E-state index contributed by atoms with van der Waals surface area (Å²) in [5.41, 5.74) is 2.86. The number of carbonyl (C=O) groups is 1. The number of anilines is 1. The van der Waals surface area contributed by atoms with Gasteiger partial charge in [-0.05, 0) is 48.9 Å². The van der Waals surface area contributed by atoms with E-state index in [0.29, 0.717) is 29.0 Å². The van der Waals surface area contributed by atoms with E-state index in [0.717, 1.165) is 26.2 Å². The molecule has 0 amide bonds. The van der Waals surface area contributed by atoms with Crippen LogP contribution in [0.15, 0.2) is 60.4 Å². The minimum absolute atomic E-state index is 0.00848. The summed E-state index contributed by atoms with van der Waals surface area (Å²) >= 11 is 6.14. The second kappa shape index (κ2) is 9.12. The summed E-state index contributed by atoms with van der Waals surface area (Å²) in [6.07, 6.45) is 1.33. The molecule has 0 unspecified atom stereocenters. The molecule has 34 heavy (non-hydrogen) atoms. The second-order valence-electron chi connectivity index (χ2n) is 8.57. The first-order valence-electron chi connectivity index (χ1n) is 11.2. The Morgan fingerprint density at radius 1 is 1.09 bits per heavy atom. The predicted octanol–water partition coefficient (Wildman–Crippen LogP) is 5.43. The number of phenolic OH excluding ortho intramolecular Hbond substituents is 1. The maximum absolute atomic E-state index is 14.3. The van der Waals surface area contributed by atoms with Gasteiger partial charge in [0.05, 0.1) is 16.1 Å². The van der Waals surface area contributed by atoms with Gasteiger partial charge in [0.15, 0.2) is 5.76 Å². The van der Waals surface area contributed by atoms with Crippen molar-refractivity contribution < 1.29 is 19.0 Å². The molecule has 0 radical (unpaired) electrons. The van der Waals surface area contributed by atoms with E-state index in [1.807, 2.05) is 18.2 Å². The predicted molar refractivity (Wildman–Crippen MR) is 131 cm³/mol. The van der Waals surface area contributed by atoms with Gasteiger partial charge >= 0.3 is 0 Å². The highest BCUT2D eigenvalue weighted by molar-refractivity contribution is 6.32. The van der Waals surface area contributed by atoms with E-state index in [1.54, 1.807) is 19.1 Å². The van der Waals surface area contributed by atoms with Crippen LogP contribution >= 0.6 is 11.6 Å². The summed E-state index contributed by atoms with van der Waals surface area (Å²) in [4.78, 5) is 17.7. The Kier molecular flexibility index (Phi) is 6.02. The summed E-state index contributed by atoms with van der Waals surface area (Å²) in [6, 6.07) is 16.2. The highest BCUT2D eigenvalue weighted by Crippen LogP contribution is 2.42. The van der Waals surface area contributed by atoms with Gasteiger partial charge in [0, 0.05) is 44.0 Å². The lowest BCUT2D eigenvalue weighted by Gasteiger charge is -2.36. The van der Waals surface area contributed by atoms with Crippen molar-refractivity contribution in [2.24, 2.45) is 0 Å². The third kappa shape index (κ3) is 4.15. The van der Waals surface area contributed by atoms with Gasteiger partial charge in [-0.15, -0.1) is 0 Å². The summed E-state index contributed by atoms with van der Waals surface area (Å²) in [7, 11) is 0. The van der Waals surface area contributed by atoms with Crippen molar-refractivity contribution in [3.8, 4) is 11.5 Å². The van der Waals surface area contributed by atoms with Gasteiger partial charge in [0.1, 0.15) is 17.3 Å². The summed E-state index contributed by atoms with van der Waals surface area (Å²) < 4.78 is 20.2. The molecule has 3 aromatic carbocycles. The Labute approximate surface area is 202 Å². The van der Waals surface area contributed by atoms with Crippen LogP contribution in [-0.2, 0) is 6.54 Å². The van der Waals surface area contributed by atoms with E-state index in [-0.39, 0.29) is 27.9 Å². The number of allylic oxidation sites excluding steroid dienone is 1. The molecule has 174 valence electrons. The number of hydrogen-bond acceptors (Lipinski definition) is 5. The van der Waals surface area contributed by atoms with Gasteiger partial charge in [0.25, 0.3) is 0 Å². The zero-order chi connectivity index (χ0) is 23.8. The molecule has 3 aromatic rings. The van der Waals surface area contributed by atoms with E-state index in [2.05, 4.69) is 21.9 Å². The fraction of sp³-hybridized carbons (Fsp3) is 0.222. The molecule has 0 saturated carbocycles. The number of benzene rings is 3. The van der Waals surface area contributed by atoms with Gasteiger partial charge in [-0.1, -0.05) is 35.9 Å². The minimum atomic E-state index is -0.538. The molecular weight excluding hydrogens is 455 g/mol. The number of Topliss-reactive ketones (excluding diaryl/α,β-unsaturated/α-hetero) is 1. The number of para-hydroxylation sites is 1. The topological polar surface area (TPSA) is 53.0 Å². The molecule has 7 heteroatoms. The van der Waals surface area contributed by atoms with E-state index in [4.69, 9.17) is 16.3 Å². The average molecular weight is 479 g/mol. The maximum Gasteiger partial charge on any atom is 0.232 e. The number of carbonyl (C=O) groups excluding carboxylic acids is 1. The number of phenols is 1. The standard InChI is InChI=1S/C27H24ClFN2O3/c1-17-14-23(32)20(16-30-10-12-31(13-11-30)18-6-3-2-4-7-18)27-25(17)26(33)24(34-27)15-19-21(28)8-5-9-22(19)29/h2-9,14-15,32H,10-13,16H2,1H3/b24-15-. The largest absolute Gasteiger partial charge is 0.507 e. The number of piperazine rings is 1. The quantitative estimate of drug-likeness (QED) is 0.507. The van der Waals surface area contributed by atoms with Crippen molar-refractivity contribution in [2.45, 2.75) is 13.5 Å². The summed E-state index contributed by atoms with van der Waals surface area (Å²) in [5, 5.41) is 10.9. The van der Waals surface area contributed by atoms with E-state index < -0.39 is 5.82 Å². The van der Waals surface area contributed by atoms with Crippen molar-refractivity contribution in [1.29, 1.82) is 0 Å². The molecule has 1 saturated heterocycles. The van der Waals surface area contributed by atoms with Crippen LogP contribution in [0.4, 0.5) is 10.1 Å². The molecule has 1 N–H and O–H groups in total. The van der Waals surface area contributed by atoms with Crippen molar-refractivity contribution in [3.63, 3.8) is 0 Å². The molecule has 2 aliphatic rings. The van der Waals surface area contributed by atoms with Gasteiger partial charge in [0.2, 0.25) is 5.78 Å². The van der Waals surface area contributed by atoms with Gasteiger partial charge in [-0.2, -0.15) is 0 Å². The molecule has 2 heterocycles. The molecule has 5 nitrogen and oxygen atoms in total. The van der Waals surface area contributed by atoms with Crippen LogP contribution in [0.2, 0.25) is 5.02 Å². The number of nitrogens with zero attached hydrogens (tertiary/aromatic N) is 2. The maximum atomic E-state index is 14.3. The fourth-order valence-electron chi connectivity index (χ4n) is 4.54. The lowest BCUT2D eigenvalue weighted by molar-refractivity contribution is 0.101. The SMILES string of the molecule is Cc1cc(O)c(CN2CCN(c3ccccc3)CC2)c2c1C(=O)/C(=C/c1c(F)cccc1Cl)O2. The van der Waals surface area contributed by atoms with Gasteiger partial charge in [-0.3, -0.25) is 9.69 Å². The Morgan fingerprint density at radius 3 is 2.53 bits per heavy atom. The number of ketones is 1. The number of halogens is 2.